The van der Waals surface area contributed by atoms with Crippen molar-refractivity contribution in [1.29, 1.82) is 0 Å². The number of benzene rings is 1. The standard InChI is InChI=1S/C17H19NO2S/c1-11(19)12-5-2-3-7-15(12)18-17(20)14-6-4-8-16-13(14)9-10-21-16/h2-3,5,7,9-11,14,19H,4,6,8H2,1H3,(H,18,20). The zero-order valence-electron chi connectivity index (χ0n) is 12.0. The number of amides is 1. The number of aliphatic hydroxyl groups excluding tert-OH is 1. The van der Waals surface area contributed by atoms with E-state index in [2.05, 4.69) is 16.8 Å². The third-order valence-electron chi connectivity index (χ3n) is 4.04. The lowest BCUT2D eigenvalue weighted by molar-refractivity contribution is -0.117. The van der Waals surface area contributed by atoms with Gasteiger partial charge in [0.05, 0.1) is 12.0 Å². The number of hydrogen-bond donors (Lipinski definition) is 2. The third-order valence-corrected chi connectivity index (χ3v) is 5.03. The molecule has 4 heteroatoms. The van der Waals surface area contributed by atoms with Crippen LogP contribution in [0.3, 0.4) is 0 Å². The van der Waals surface area contributed by atoms with Crippen molar-refractivity contribution < 1.29 is 9.90 Å². The van der Waals surface area contributed by atoms with Gasteiger partial charge in [-0.3, -0.25) is 4.79 Å². The monoisotopic (exact) mass is 301 g/mol. The Balaban J connectivity index is 1.83. The molecule has 2 aromatic rings. The van der Waals surface area contributed by atoms with E-state index in [1.807, 2.05) is 24.3 Å². The molecule has 0 saturated carbocycles. The number of anilines is 1. The first-order chi connectivity index (χ1) is 10.2. The molecule has 2 unspecified atom stereocenters. The van der Waals surface area contributed by atoms with Gasteiger partial charge in [-0.1, -0.05) is 18.2 Å². The number of aliphatic hydroxyl groups is 1. The van der Waals surface area contributed by atoms with E-state index in [0.717, 1.165) is 24.8 Å². The molecule has 3 nitrogen and oxygen atoms in total. The van der Waals surface area contributed by atoms with E-state index < -0.39 is 6.10 Å². The van der Waals surface area contributed by atoms with Gasteiger partial charge in [0.25, 0.3) is 0 Å². The van der Waals surface area contributed by atoms with Crippen LogP contribution in [0.4, 0.5) is 5.69 Å². The second-order valence-corrected chi connectivity index (χ2v) is 6.50. The highest BCUT2D eigenvalue weighted by Gasteiger charge is 2.27. The molecular weight excluding hydrogens is 282 g/mol. The lowest BCUT2D eigenvalue weighted by Crippen LogP contribution is -2.24. The van der Waals surface area contributed by atoms with E-state index in [9.17, 15) is 9.90 Å². The molecular formula is C17H19NO2S. The first-order valence-electron chi connectivity index (χ1n) is 7.31. The SMILES string of the molecule is CC(O)c1ccccc1NC(=O)C1CCCc2sccc21. The summed E-state index contributed by atoms with van der Waals surface area (Å²) in [4.78, 5) is 14.0. The lowest BCUT2D eigenvalue weighted by Gasteiger charge is -2.23. The quantitative estimate of drug-likeness (QED) is 0.904. The van der Waals surface area contributed by atoms with Crippen LogP contribution in [-0.4, -0.2) is 11.0 Å². The molecule has 0 aliphatic heterocycles. The zero-order chi connectivity index (χ0) is 14.8. The lowest BCUT2D eigenvalue weighted by atomic mass is 9.87. The second-order valence-electron chi connectivity index (χ2n) is 5.50. The first-order valence-corrected chi connectivity index (χ1v) is 8.19. The Morgan fingerprint density at radius 2 is 2.19 bits per heavy atom. The van der Waals surface area contributed by atoms with Gasteiger partial charge in [-0.05, 0) is 49.3 Å². The van der Waals surface area contributed by atoms with Crippen LogP contribution >= 0.6 is 11.3 Å². The molecule has 0 radical (unpaired) electrons. The van der Waals surface area contributed by atoms with Crippen molar-refractivity contribution in [2.45, 2.75) is 38.2 Å². The van der Waals surface area contributed by atoms with Crippen LogP contribution < -0.4 is 5.32 Å². The fourth-order valence-corrected chi connectivity index (χ4v) is 3.94. The Morgan fingerprint density at radius 1 is 1.38 bits per heavy atom. The number of rotatable bonds is 3. The maximum Gasteiger partial charge on any atom is 0.231 e. The number of fused-ring (bicyclic) bond motifs is 1. The van der Waals surface area contributed by atoms with Crippen molar-refractivity contribution in [3.8, 4) is 0 Å². The first kappa shape index (κ1) is 14.3. The topological polar surface area (TPSA) is 49.3 Å². The van der Waals surface area contributed by atoms with Crippen molar-refractivity contribution >= 4 is 22.9 Å². The summed E-state index contributed by atoms with van der Waals surface area (Å²) in [5.74, 6) is -0.0375. The van der Waals surface area contributed by atoms with Gasteiger partial charge < -0.3 is 10.4 Å². The van der Waals surface area contributed by atoms with Crippen LogP contribution in [0.15, 0.2) is 35.7 Å². The van der Waals surface area contributed by atoms with Crippen molar-refractivity contribution in [1.82, 2.24) is 0 Å². The molecule has 1 amide bonds. The average molecular weight is 301 g/mol. The van der Waals surface area contributed by atoms with Gasteiger partial charge in [0.1, 0.15) is 0 Å². The minimum absolute atomic E-state index is 0.0300. The summed E-state index contributed by atoms with van der Waals surface area (Å²) >= 11 is 1.74. The molecule has 3 rings (SSSR count). The number of carbonyl (C=O) groups is 1. The highest BCUT2D eigenvalue weighted by molar-refractivity contribution is 7.10. The Kier molecular flexibility index (Phi) is 4.08. The minimum Gasteiger partial charge on any atom is -0.389 e. The molecule has 2 N–H and O–H groups in total. The van der Waals surface area contributed by atoms with Gasteiger partial charge in [-0.2, -0.15) is 0 Å². The van der Waals surface area contributed by atoms with Crippen molar-refractivity contribution in [2.75, 3.05) is 5.32 Å². The Labute approximate surface area is 128 Å². The third kappa shape index (κ3) is 2.87. The number of thiophene rings is 1. The summed E-state index contributed by atoms with van der Waals surface area (Å²) in [6, 6.07) is 9.51. The van der Waals surface area contributed by atoms with Crippen LogP contribution in [0.5, 0.6) is 0 Å². The molecule has 0 spiro atoms. The van der Waals surface area contributed by atoms with Gasteiger partial charge in [-0.25, -0.2) is 0 Å². The Bertz CT molecular complexity index is 648. The number of hydrogen-bond acceptors (Lipinski definition) is 3. The molecule has 1 aliphatic rings. The molecule has 1 aliphatic carbocycles. The summed E-state index contributed by atoms with van der Waals surface area (Å²) in [7, 11) is 0. The molecule has 21 heavy (non-hydrogen) atoms. The van der Waals surface area contributed by atoms with E-state index in [1.54, 1.807) is 18.3 Å². The van der Waals surface area contributed by atoms with E-state index in [1.165, 1.54) is 10.4 Å². The second kappa shape index (κ2) is 6.00. The summed E-state index contributed by atoms with van der Waals surface area (Å²) < 4.78 is 0. The van der Waals surface area contributed by atoms with Crippen molar-refractivity contribution in [3.05, 3.63) is 51.7 Å². The van der Waals surface area contributed by atoms with E-state index in [-0.39, 0.29) is 11.8 Å². The Morgan fingerprint density at radius 3 is 3.00 bits per heavy atom. The molecule has 2 atom stereocenters. The largest absolute Gasteiger partial charge is 0.389 e. The highest BCUT2D eigenvalue weighted by atomic mass is 32.1. The molecule has 1 aromatic heterocycles. The van der Waals surface area contributed by atoms with Gasteiger partial charge >= 0.3 is 0 Å². The molecule has 1 heterocycles. The zero-order valence-corrected chi connectivity index (χ0v) is 12.8. The maximum absolute atomic E-state index is 12.6. The van der Waals surface area contributed by atoms with Crippen molar-refractivity contribution in [2.24, 2.45) is 0 Å². The van der Waals surface area contributed by atoms with Gasteiger partial charge in [0.15, 0.2) is 0 Å². The molecule has 1 aromatic carbocycles. The summed E-state index contributed by atoms with van der Waals surface area (Å²) in [5.41, 5.74) is 2.64. The van der Waals surface area contributed by atoms with Crippen LogP contribution in [0.25, 0.3) is 0 Å². The average Bonchev–Trinajstić information content (AvgIpc) is 2.95. The normalized spacial score (nSPS) is 18.9. The predicted molar refractivity (Wildman–Crippen MR) is 85.7 cm³/mol. The van der Waals surface area contributed by atoms with Crippen LogP contribution in [-0.2, 0) is 11.2 Å². The maximum atomic E-state index is 12.6. The van der Waals surface area contributed by atoms with Crippen LogP contribution in [0.2, 0.25) is 0 Å². The van der Waals surface area contributed by atoms with Crippen molar-refractivity contribution in [3.63, 3.8) is 0 Å². The van der Waals surface area contributed by atoms with Gasteiger partial charge in [0, 0.05) is 16.1 Å². The predicted octanol–water partition coefficient (Wildman–Crippen LogP) is 3.86. The highest BCUT2D eigenvalue weighted by Crippen LogP contribution is 2.36. The van der Waals surface area contributed by atoms with Gasteiger partial charge in [0.2, 0.25) is 5.91 Å². The smallest absolute Gasteiger partial charge is 0.231 e. The van der Waals surface area contributed by atoms with E-state index >= 15 is 0 Å². The molecule has 0 fully saturated rings. The van der Waals surface area contributed by atoms with Gasteiger partial charge in [-0.15, -0.1) is 11.3 Å². The number of aryl methyl sites for hydroxylation is 1. The minimum atomic E-state index is -0.593. The van der Waals surface area contributed by atoms with E-state index in [4.69, 9.17) is 0 Å². The fraction of sp³-hybridized carbons (Fsp3) is 0.353. The van der Waals surface area contributed by atoms with E-state index in [0.29, 0.717) is 5.69 Å². The van der Waals surface area contributed by atoms with Crippen LogP contribution in [0.1, 0.15) is 47.8 Å². The fourth-order valence-electron chi connectivity index (χ4n) is 2.95. The molecule has 0 saturated heterocycles. The summed E-state index contributed by atoms with van der Waals surface area (Å²) in [6.45, 7) is 1.71. The number of carbonyl (C=O) groups excluding carboxylic acids is 1. The molecule has 0 bridgehead atoms. The number of para-hydroxylation sites is 1. The summed E-state index contributed by atoms with van der Waals surface area (Å²) in [6.07, 6.45) is 2.45. The number of nitrogens with one attached hydrogen (secondary N) is 1. The molecule has 110 valence electrons. The summed E-state index contributed by atoms with van der Waals surface area (Å²) in [5, 5.41) is 14.9. The Hall–Kier alpha value is -1.65. The van der Waals surface area contributed by atoms with Crippen LogP contribution in [0, 0.1) is 0 Å².